The molecule has 0 aromatic heterocycles. The van der Waals surface area contributed by atoms with Crippen LogP contribution in [-0.2, 0) is 21.7 Å². The van der Waals surface area contributed by atoms with Crippen molar-refractivity contribution < 1.29 is 14.4 Å². The number of benzene rings is 2. The lowest BCUT2D eigenvalue weighted by Gasteiger charge is -2.43. The second kappa shape index (κ2) is 6.99. The van der Waals surface area contributed by atoms with Crippen molar-refractivity contribution in [3.05, 3.63) is 71.3 Å². The number of hydrogen-bond donors (Lipinski definition) is 1. The number of likely N-dealkylation sites (tertiary alicyclic amines) is 1. The first-order valence-corrected chi connectivity index (χ1v) is 9.38. The predicted molar refractivity (Wildman–Crippen MR) is 101 cm³/mol. The number of rotatable bonds is 5. The predicted octanol–water partition coefficient (Wildman–Crippen LogP) is 3.14. The Morgan fingerprint density at radius 3 is 2.11 bits per heavy atom. The summed E-state index contributed by atoms with van der Waals surface area (Å²) >= 11 is 0. The average Bonchev–Trinajstić information content (AvgIpc) is 2.98. The van der Waals surface area contributed by atoms with E-state index >= 15 is 0 Å². The van der Waals surface area contributed by atoms with Gasteiger partial charge in [0.2, 0.25) is 11.8 Å². The Labute approximate surface area is 158 Å². The monoisotopic (exact) mass is 362 g/mol. The van der Waals surface area contributed by atoms with E-state index in [4.69, 9.17) is 0 Å². The summed E-state index contributed by atoms with van der Waals surface area (Å²) in [6.45, 7) is 0.271. The molecule has 1 saturated carbocycles. The van der Waals surface area contributed by atoms with Crippen molar-refractivity contribution >= 4 is 17.7 Å². The summed E-state index contributed by atoms with van der Waals surface area (Å²) < 4.78 is 0. The molecule has 1 aliphatic heterocycles. The van der Waals surface area contributed by atoms with Crippen molar-refractivity contribution in [3.8, 4) is 0 Å². The molecule has 1 N–H and O–H groups in total. The van der Waals surface area contributed by atoms with E-state index in [2.05, 4.69) is 17.4 Å². The maximum absolute atomic E-state index is 12.8. The van der Waals surface area contributed by atoms with Crippen LogP contribution in [0.25, 0.3) is 0 Å². The standard InChI is InChI=1S/C22H22N2O3/c25-19-11-12-20(26)24(19)15-16-7-9-17(10-8-16)21(27)23-22(13-4-14-22)18-5-2-1-3-6-18/h1-3,5-10H,4,11-15H2,(H,23,27). The van der Waals surface area contributed by atoms with Crippen molar-refractivity contribution in [3.63, 3.8) is 0 Å². The molecule has 3 amide bonds. The highest BCUT2D eigenvalue weighted by Crippen LogP contribution is 2.41. The zero-order valence-electron chi connectivity index (χ0n) is 15.1. The van der Waals surface area contributed by atoms with Gasteiger partial charge < -0.3 is 5.32 Å². The Kier molecular flexibility index (Phi) is 4.52. The normalized spacial score (nSPS) is 18.3. The van der Waals surface area contributed by atoms with Gasteiger partial charge in [-0.1, -0.05) is 42.5 Å². The molecular formula is C22H22N2O3. The Morgan fingerprint density at radius 2 is 1.56 bits per heavy atom. The molecule has 2 aliphatic rings. The van der Waals surface area contributed by atoms with Gasteiger partial charge in [-0.2, -0.15) is 0 Å². The third kappa shape index (κ3) is 3.37. The molecule has 27 heavy (non-hydrogen) atoms. The average molecular weight is 362 g/mol. The summed E-state index contributed by atoms with van der Waals surface area (Å²) in [6, 6.07) is 17.2. The summed E-state index contributed by atoms with van der Waals surface area (Å²) in [5, 5.41) is 3.21. The van der Waals surface area contributed by atoms with E-state index in [1.54, 1.807) is 12.1 Å². The van der Waals surface area contributed by atoms with Crippen LogP contribution in [0.4, 0.5) is 0 Å². The van der Waals surface area contributed by atoms with Crippen molar-refractivity contribution in [1.29, 1.82) is 0 Å². The Morgan fingerprint density at radius 1 is 0.926 bits per heavy atom. The van der Waals surface area contributed by atoms with Gasteiger partial charge in [-0.3, -0.25) is 19.3 Å². The first-order valence-electron chi connectivity index (χ1n) is 9.38. The molecule has 0 spiro atoms. The molecule has 0 atom stereocenters. The zero-order chi connectivity index (χ0) is 18.9. The van der Waals surface area contributed by atoms with Crippen LogP contribution in [0.15, 0.2) is 54.6 Å². The first kappa shape index (κ1) is 17.5. The van der Waals surface area contributed by atoms with E-state index in [1.165, 1.54) is 4.90 Å². The number of nitrogens with one attached hydrogen (secondary N) is 1. The van der Waals surface area contributed by atoms with Gasteiger partial charge in [0.25, 0.3) is 5.91 Å². The van der Waals surface area contributed by atoms with Crippen molar-refractivity contribution in [1.82, 2.24) is 10.2 Å². The number of hydrogen-bond acceptors (Lipinski definition) is 3. The van der Waals surface area contributed by atoms with Gasteiger partial charge in [0.1, 0.15) is 0 Å². The van der Waals surface area contributed by atoms with E-state index < -0.39 is 0 Å². The minimum absolute atomic E-state index is 0.0987. The van der Waals surface area contributed by atoms with E-state index in [-0.39, 0.29) is 29.8 Å². The van der Waals surface area contributed by atoms with E-state index in [0.29, 0.717) is 18.4 Å². The Hall–Kier alpha value is -2.95. The van der Waals surface area contributed by atoms with Crippen molar-refractivity contribution in [2.45, 2.75) is 44.2 Å². The zero-order valence-corrected chi connectivity index (χ0v) is 15.1. The molecule has 4 rings (SSSR count). The molecule has 2 aromatic carbocycles. The van der Waals surface area contributed by atoms with Crippen LogP contribution >= 0.6 is 0 Å². The summed E-state index contributed by atoms with van der Waals surface area (Å²) in [6.07, 6.45) is 3.58. The third-order valence-electron chi connectivity index (χ3n) is 5.60. The number of imide groups is 1. The van der Waals surface area contributed by atoms with Gasteiger partial charge >= 0.3 is 0 Å². The fourth-order valence-corrected chi connectivity index (χ4v) is 3.81. The smallest absolute Gasteiger partial charge is 0.251 e. The molecule has 0 unspecified atom stereocenters. The lowest BCUT2D eigenvalue weighted by Crippen LogP contribution is -2.50. The number of amides is 3. The molecule has 5 nitrogen and oxygen atoms in total. The fraction of sp³-hybridized carbons (Fsp3) is 0.318. The Bertz CT molecular complexity index is 854. The number of nitrogens with zero attached hydrogens (tertiary/aromatic N) is 1. The number of carbonyl (C=O) groups excluding carboxylic acids is 3. The second-order valence-electron chi connectivity index (χ2n) is 7.33. The van der Waals surface area contributed by atoms with E-state index in [9.17, 15) is 14.4 Å². The molecule has 138 valence electrons. The molecular weight excluding hydrogens is 340 g/mol. The highest BCUT2D eigenvalue weighted by atomic mass is 16.2. The topological polar surface area (TPSA) is 66.5 Å². The molecule has 2 fully saturated rings. The van der Waals surface area contributed by atoms with Crippen LogP contribution in [-0.4, -0.2) is 22.6 Å². The van der Waals surface area contributed by atoms with Gasteiger partial charge in [-0.15, -0.1) is 0 Å². The maximum Gasteiger partial charge on any atom is 0.251 e. The van der Waals surface area contributed by atoms with Crippen LogP contribution in [0.3, 0.4) is 0 Å². The van der Waals surface area contributed by atoms with Gasteiger partial charge in [0, 0.05) is 18.4 Å². The summed E-state index contributed by atoms with van der Waals surface area (Å²) in [5.41, 5.74) is 2.30. The summed E-state index contributed by atoms with van der Waals surface area (Å²) in [7, 11) is 0. The molecule has 1 saturated heterocycles. The Balaban J connectivity index is 1.45. The van der Waals surface area contributed by atoms with Crippen molar-refractivity contribution in [2.75, 3.05) is 0 Å². The van der Waals surface area contributed by atoms with Crippen LogP contribution in [0.2, 0.25) is 0 Å². The van der Waals surface area contributed by atoms with Crippen molar-refractivity contribution in [2.24, 2.45) is 0 Å². The second-order valence-corrected chi connectivity index (χ2v) is 7.33. The quantitative estimate of drug-likeness (QED) is 0.831. The summed E-state index contributed by atoms with van der Waals surface area (Å²) in [4.78, 5) is 37.5. The lowest BCUT2D eigenvalue weighted by atomic mass is 9.71. The van der Waals surface area contributed by atoms with Crippen LogP contribution in [0.1, 0.15) is 53.6 Å². The third-order valence-corrected chi connectivity index (χ3v) is 5.60. The number of carbonyl (C=O) groups is 3. The van der Waals surface area contributed by atoms with E-state index in [0.717, 1.165) is 30.4 Å². The molecule has 2 aromatic rings. The highest BCUT2D eigenvalue weighted by molar-refractivity contribution is 6.01. The first-order chi connectivity index (χ1) is 13.1. The molecule has 1 aliphatic carbocycles. The molecule has 1 heterocycles. The highest BCUT2D eigenvalue weighted by Gasteiger charge is 2.40. The molecule has 0 radical (unpaired) electrons. The van der Waals surface area contributed by atoms with Gasteiger partial charge in [0.05, 0.1) is 12.1 Å². The molecule has 5 heteroatoms. The minimum atomic E-state index is -0.272. The van der Waals surface area contributed by atoms with Crippen LogP contribution in [0, 0.1) is 0 Å². The van der Waals surface area contributed by atoms with Crippen LogP contribution < -0.4 is 5.32 Å². The molecule has 0 bridgehead atoms. The SMILES string of the molecule is O=C(NC1(c2ccccc2)CCC1)c1ccc(CN2C(=O)CCC2=O)cc1. The van der Waals surface area contributed by atoms with Gasteiger partial charge in [0.15, 0.2) is 0 Å². The summed E-state index contributed by atoms with van der Waals surface area (Å²) in [5.74, 6) is -0.355. The van der Waals surface area contributed by atoms with E-state index in [1.807, 2.05) is 30.3 Å². The maximum atomic E-state index is 12.8. The fourth-order valence-electron chi connectivity index (χ4n) is 3.81. The van der Waals surface area contributed by atoms with Crippen LogP contribution in [0.5, 0.6) is 0 Å². The van der Waals surface area contributed by atoms with Gasteiger partial charge in [-0.05, 0) is 42.5 Å². The largest absolute Gasteiger partial charge is 0.343 e. The lowest BCUT2D eigenvalue weighted by molar-refractivity contribution is -0.139. The minimum Gasteiger partial charge on any atom is -0.343 e. The van der Waals surface area contributed by atoms with Gasteiger partial charge in [-0.25, -0.2) is 0 Å².